The molecule has 0 aliphatic heterocycles. The summed E-state index contributed by atoms with van der Waals surface area (Å²) >= 11 is 0. The molecule has 1 aromatic rings. The van der Waals surface area contributed by atoms with E-state index >= 15 is 0 Å². The Hall–Kier alpha value is -1.52. The minimum absolute atomic E-state index is 0.0180. The molecule has 0 aromatic carbocycles. The summed E-state index contributed by atoms with van der Waals surface area (Å²) in [5, 5.41) is 0. The van der Waals surface area contributed by atoms with E-state index in [1.165, 1.54) is 0 Å². The van der Waals surface area contributed by atoms with Crippen molar-refractivity contribution in [1.82, 2.24) is 4.98 Å². The molecule has 0 aliphatic carbocycles. The van der Waals surface area contributed by atoms with Gasteiger partial charge in [0.2, 0.25) is 0 Å². The van der Waals surface area contributed by atoms with Gasteiger partial charge in [0.1, 0.15) is 5.76 Å². The second-order valence-corrected chi connectivity index (χ2v) is 2.18. The second-order valence-electron chi connectivity index (χ2n) is 2.18. The number of nitrogens with zero attached hydrogens (tertiary/aromatic N) is 1. The zero-order chi connectivity index (χ0) is 9.14. The summed E-state index contributed by atoms with van der Waals surface area (Å²) in [4.78, 5) is 14.7. The van der Waals surface area contributed by atoms with Crippen molar-refractivity contribution in [3.05, 3.63) is 11.5 Å². The molecule has 66 valence electrons. The number of hydrogen-bond donors (Lipinski definition) is 1. The third kappa shape index (κ3) is 1.55. The topological polar surface area (TPSA) is 78.3 Å². The van der Waals surface area contributed by atoms with Crippen molar-refractivity contribution in [2.24, 2.45) is 0 Å². The van der Waals surface area contributed by atoms with Gasteiger partial charge in [0, 0.05) is 0 Å². The molecule has 5 heteroatoms. The van der Waals surface area contributed by atoms with Crippen LogP contribution >= 0.6 is 0 Å². The Balaban J connectivity index is 2.87. The van der Waals surface area contributed by atoms with Crippen molar-refractivity contribution in [3.8, 4) is 0 Å². The highest BCUT2D eigenvalue weighted by molar-refractivity contribution is 5.88. The monoisotopic (exact) mass is 170 g/mol. The molecule has 0 amide bonds. The maximum atomic E-state index is 11.1. The number of rotatable bonds is 2. The number of carbonyl (C=O) groups excluding carboxylic acids is 1. The summed E-state index contributed by atoms with van der Waals surface area (Å²) < 4.78 is 9.55. The van der Waals surface area contributed by atoms with E-state index in [9.17, 15) is 4.79 Å². The normalized spacial score (nSPS) is 9.83. The van der Waals surface area contributed by atoms with E-state index < -0.39 is 5.97 Å². The molecular weight excluding hydrogens is 160 g/mol. The van der Waals surface area contributed by atoms with Gasteiger partial charge in [-0.05, 0) is 13.8 Å². The first-order valence-electron chi connectivity index (χ1n) is 3.55. The minimum Gasteiger partial charge on any atom is -0.461 e. The Labute approximate surface area is 69.5 Å². The number of anilines is 1. The maximum absolute atomic E-state index is 11.1. The van der Waals surface area contributed by atoms with Crippen LogP contribution in [0.4, 0.5) is 6.01 Å². The summed E-state index contributed by atoms with van der Waals surface area (Å²) in [5.41, 5.74) is 5.38. The summed E-state index contributed by atoms with van der Waals surface area (Å²) in [5.74, 6) is -0.124. The van der Waals surface area contributed by atoms with E-state index in [0.29, 0.717) is 12.4 Å². The molecule has 0 saturated carbocycles. The van der Waals surface area contributed by atoms with Gasteiger partial charge in [-0.2, -0.15) is 4.98 Å². The number of aromatic nitrogens is 1. The Morgan fingerprint density at radius 2 is 2.42 bits per heavy atom. The van der Waals surface area contributed by atoms with Crippen LogP contribution in [0.3, 0.4) is 0 Å². The van der Waals surface area contributed by atoms with Gasteiger partial charge in [-0.1, -0.05) is 0 Å². The molecule has 1 aromatic heterocycles. The van der Waals surface area contributed by atoms with E-state index in [1.807, 2.05) is 0 Å². The summed E-state index contributed by atoms with van der Waals surface area (Å²) in [7, 11) is 0. The first kappa shape index (κ1) is 8.58. The largest absolute Gasteiger partial charge is 0.461 e. The molecule has 0 aliphatic rings. The molecule has 0 fully saturated rings. The van der Waals surface area contributed by atoms with Crippen molar-refractivity contribution in [2.75, 3.05) is 12.3 Å². The fourth-order valence-electron chi connectivity index (χ4n) is 0.806. The number of ether oxygens (including phenoxy) is 1. The fraction of sp³-hybridized carbons (Fsp3) is 0.429. The predicted octanol–water partition coefficient (Wildman–Crippen LogP) is 0.742. The smallest absolute Gasteiger partial charge is 0.360 e. The number of carbonyl (C=O) groups is 1. The van der Waals surface area contributed by atoms with Crippen LogP contribution in [0, 0.1) is 6.92 Å². The van der Waals surface area contributed by atoms with Crippen LogP contribution in [0.15, 0.2) is 4.42 Å². The van der Waals surface area contributed by atoms with E-state index in [4.69, 9.17) is 14.9 Å². The molecule has 1 heterocycles. The van der Waals surface area contributed by atoms with E-state index in [-0.39, 0.29) is 11.7 Å². The van der Waals surface area contributed by atoms with Gasteiger partial charge in [0.05, 0.1) is 6.61 Å². The lowest BCUT2D eigenvalue weighted by atomic mass is 10.4. The van der Waals surface area contributed by atoms with Gasteiger partial charge in [0.25, 0.3) is 6.01 Å². The Morgan fingerprint density at radius 1 is 1.75 bits per heavy atom. The molecule has 0 atom stereocenters. The molecule has 12 heavy (non-hydrogen) atoms. The average Bonchev–Trinajstić information content (AvgIpc) is 2.30. The maximum Gasteiger partial charge on any atom is 0.360 e. The van der Waals surface area contributed by atoms with Gasteiger partial charge >= 0.3 is 5.97 Å². The van der Waals surface area contributed by atoms with Gasteiger partial charge in [0.15, 0.2) is 5.69 Å². The lowest BCUT2D eigenvalue weighted by molar-refractivity contribution is 0.0518. The van der Waals surface area contributed by atoms with Crippen molar-refractivity contribution in [2.45, 2.75) is 13.8 Å². The zero-order valence-electron chi connectivity index (χ0n) is 6.96. The van der Waals surface area contributed by atoms with Gasteiger partial charge < -0.3 is 14.9 Å². The fourth-order valence-corrected chi connectivity index (χ4v) is 0.806. The minimum atomic E-state index is -0.504. The number of nitrogens with two attached hydrogens (primary N) is 1. The SMILES string of the molecule is CCOC(=O)c1nc(N)oc1C. The van der Waals surface area contributed by atoms with Gasteiger partial charge in [-0.3, -0.25) is 0 Å². The van der Waals surface area contributed by atoms with Gasteiger partial charge in [-0.25, -0.2) is 4.79 Å². The van der Waals surface area contributed by atoms with Gasteiger partial charge in [-0.15, -0.1) is 0 Å². The second kappa shape index (κ2) is 3.25. The van der Waals surface area contributed by atoms with Crippen LogP contribution in [0.1, 0.15) is 23.2 Å². The highest BCUT2D eigenvalue weighted by Crippen LogP contribution is 2.11. The highest BCUT2D eigenvalue weighted by atomic mass is 16.5. The van der Waals surface area contributed by atoms with Crippen LogP contribution in [0.2, 0.25) is 0 Å². The lowest BCUT2D eigenvalue weighted by Crippen LogP contribution is -2.06. The van der Waals surface area contributed by atoms with Crippen molar-refractivity contribution < 1.29 is 13.9 Å². The summed E-state index contributed by atoms with van der Waals surface area (Å²) in [6.07, 6.45) is 0. The summed E-state index contributed by atoms with van der Waals surface area (Å²) in [6.45, 7) is 3.64. The molecule has 2 N–H and O–H groups in total. The van der Waals surface area contributed by atoms with E-state index in [2.05, 4.69) is 4.98 Å². The Bertz CT molecular complexity index is 293. The number of oxazole rings is 1. The van der Waals surface area contributed by atoms with Crippen LogP contribution < -0.4 is 5.73 Å². The number of aryl methyl sites for hydroxylation is 1. The number of hydrogen-bond acceptors (Lipinski definition) is 5. The molecule has 0 unspecified atom stereocenters. The first-order valence-corrected chi connectivity index (χ1v) is 3.55. The van der Waals surface area contributed by atoms with Crippen molar-refractivity contribution >= 4 is 12.0 Å². The van der Waals surface area contributed by atoms with E-state index in [0.717, 1.165) is 0 Å². The molecule has 0 spiro atoms. The Morgan fingerprint density at radius 3 is 2.83 bits per heavy atom. The van der Waals surface area contributed by atoms with Crippen molar-refractivity contribution in [1.29, 1.82) is 0 Å². The molecule has 1 rings (SSSR count). The molecule has 5 nitrogen and oxygen atoms in total. The van der Waals surface area contributed by atoms with Crippen LogP contribution in [0.25, 0.3) is 0 Å². The van der Waals surface area contributed by atoms with Crippen LogP contribution in [0.5, 0.6) is 0 Å². The van der Waals surface area contributed by atoms with E-state index in [1.54, 1.807) is 13.8 Å². The first-order chi connectivity index (χ1) is 5.65. The van der Waals surface area contributed by atoms with Crippen molar-refractivity contribution in [3.63, 3.8) is 0 Å². The number of esters is 1. The standard InChI is InChI=1S/C7H10N2O3/c1-3-11-6(10)5-4(2)12-7(8)9-5/h3H2,1-2H3,(H2,8,9). The Kier molecular flexibility index (Phi) is 2.32. The molecule has 0 saturated heterocycles. The summed E-state index contributed by atoms with van der Waals surface area (Å²) in [6, 6.07) is -0.0180. The van der Waals surface area contributed by atoms with Crippen LogP contribution in [-0.4, -0.2) is 17.6 Å². The molecular formula is C7H10N2O3. The zero-order valence-corrected chi connectivity index (χ0v) is 6.96. The van der Waals surface area contributed by atoms with Crippen LogP contribution in [-0.2, 0) is 4.74 Å². The highest BCUT2D eigenvalue weighted by Gasteiger charge is 2.16. The quantitative estimate of drug-likeness (QED) is 0.662. The average molecular weight is 170 g/mol. The predicted molar refractivity (Wildman–Crippen MR) is 41.6 cm³/mol. The third-order valence-electron chi connectivity index (χ3n) is 1.28. The molecule has 0 radical (unpaired) electrons. The number of nitrogen functional groups attached to an aromatic ring is 1. The molecule has 0 bridgehead atoms. The lowest BCUT2D eigenvalue weighted by Gasteiger charge is -1.96. The third-order valence-corrected chi connectivity index (χ3v) is 1.28.